The number of methoxy groups -OCH3 is 3. The second-order valence-electron chi connectivity index (χ2n) is 13.4. The van der Waals surface area contributed by atoms with Crippen molar-refractivity contribution in [1.29, 1.82) is 0 Å². The molecule has 0 unspecified atom stereocenters. The highest BCUT2D eigenvalue weighted by Crippen LogP contribution is 2.43. The molecule has 3 heterocycles. The number of aromatic amines is 1. The van der Waals surface area contributed by atoms with E-state index in [1.807, 2.05) is 78.9 Å². The Kier molecular flexibility index (Phi) is 12.1. The number of nitrogens with one attached hydrogen (secondary N) is 2. The first-order chi connectivity index (χ1) is 27.0. The maximum absolute atomic E-state index is 13.2. The van der Waals surface area contributed by atoms with E-state index in [0.29, 0.717) is 11.5 Å². The number of esters is 1. The van der Waals surface area contributed by atoms with Crippen LogP contribution < -0.4 is 26.1 Å². The van der Waals surface area contributed by atoms with Gasteiger partial charge in [-0.15, -0.1) is 0 Å². The summed E-state index contributed by atoms with van der Waals surface area (Å²) in [4.78, 5) is 61.7. The van der Waals surface area contributed by atoms with E-state index in [1.165, 1.54) is 18.0 Å². The number of benzene rings is 3. The third-order valence-electron chi connectivity index (χ3n) is 9.51. The van der Waals surface area contributed by atoms with Crippen molar-refractivity contribution in [2.24, 2.45) is 11.7 Å². The second-order valence-corrected chi connectivity index (χ2v) is 13.4. The molecule has 3 aromatic carbocycles. The molecule has 4 atom stereocenters. The van der Waals surface area contributed by atoms with E-state index < -0.39 is 47.6 Å². The first-order valence-corrected chi connectivity index (χ1v) is 17.9. The van der Waals surface area contributed by atoms with Crippen molar-refractivity contribution in [3.63, 3.8) is 0 Å². The van der Waals surface area contributed by atoms with Crippen molar-refractivity contribution in [3.8, 4) is 11.5 Å². The van der Waals surface area contributed by atoms with Gasteiger partial charge in [0.1, 0.15) is 29.3 Å². The first kappa shape index (κ1) is 39.6. The zero-order valence-electron chi connectivity index (χ0n) is 31.6. The Bertz CT molecular complexity index is 2160. The lowest BCUT2D eigenvalue weighted by Crippen LogP contribution is -2.42. The number of carbonyl (C=O) groups is 3. The highest BCUT2D eigenvalue weighted by molar-refractivity contribution is 5.91. The van der Waals surface area contributed by atoms with Crippen molar-refractivity contribution in [1.82, 2.24) is 19.5 Å². The number of amides is 2. The van der Waals surface area contributed by atoms with Crippen LogP contribution in [-0.4, -0.2) is 83.6 Å². The van der Waals surface area contributed by atoms with Crippen LogP contribution in [0.15, 0.2) is 90.0 Å². The molecule has 0 radical (unpaired) electrons. The molecular weight excluding hydrogens is 724 g/mol. The standard InChI is InChI=1S/C40H44N6O10/c1-23(2)36(49)44-39-43-35-32(37(50)45-39)42-22-46(35)38-34(53-5)33(56-31(48)20-19-30(41)47)29(55-38)21-54-40(24-9-7-6-8-10-24,25-11-15-27(51-3)16-12-25)26-13-17-28(52-4)18-14-26/h6-18,22-23,29,33-34,38H,19-21H2,1-5H3,(H2,41,47)(H2,43,44,45,49,50)/t29-,33-,34-,38-/m1/s1. The summed E-state index contributed by atoms with van der Waals surface area (Å²) in [5.74, 6) is -0.929. The van der Waals surface area contributed by atoms with Crippen molar-refractivity contribution in [3.05, 3.63) is 112 Å². The summed E-state index contributed by atoms with van der Waals surface area (Å²) in [7, 11) is 4.59. The number of hydrogen-bond acceptors (Lipinski definition) is 12. The minimum absolute atomic E-state index is 0.0252. The van der Waals surface area contributed by atoms with Crippen LogP contribution in [0, 0.1) is 5.92 Å². The van der Waals surface area contributed by atoms with Gasteiger partial charge in [0.05, 0.1) is 33.6 Å². The van der Waals surface area contributed by atoms with Crippen molar-refractivity contribution in [2.45, 2.75) is 56.8 Å². The highest BCUT2D eigenvalue weighted by Gasteiger charge is 2.50. The minimum Gasteiger partial charge on any atom is -0.497 e. The quantitative estimate of drug-likeness (QED) is 0.0967. The van der Waals surface area contributed by atoms with Crippen molar-refractivity contribution < 1.29 is 42.8 Å². The number of hydrogen-bond donors (Lipinski definition) is 3. The number of H-pyrrole nitrogens is 1. The Balaban J connectivity index is 1.44. The number of anilines is 1. The topological polar surface area (TPSA) is 208 Å². The molecule has 6 rings (SSSR count). The molecule has 2 aromatic heterocycles. The Morgan fingerprint density at radius 2 is 1.50 bits per heavy atom. The van der Waals surface area contributed by atoms with Gasteiger partial charge >= 0.3 is 5.97 Å². The van der Waals surface area contributed by atoms with Crippen LogP contribution in [0.3, 0.4) is 0 Å². The molecule has 56 heavy (non-hydrogen) atoms. The van der Waals surface area contributed by atoms with Crippen LogP contribution in [0.1, 0.15) is 49.6 Å². The molecular formula is C40H44N6O10. The number of carbonyl (C=O) groups excluding carboxylic acids is 3. The van der Waals surface area contributed by atoms with Crippen molar-refractivity contribution >= 4 is 34.9 Å². The van der Waals surface area contributed by atoms with Crippen LogP contribution in [-0.2, 0) is 38.9 Å². The molecule has 0 saturated carbocycles. The number of primary amides is 1. The van der Waals surface area contributed by atoms with Crippen LogP contribution in [0.2, 0.25) is 0 Å². The lowest BCUT2D eigenvalue weighted by molar-refractivity contribution is -0.160. The Morgan fingerprint density at radius 1 is 0.893 bits per heavy atom. The summed E-state index contributed by atoms with van der Waals surface area (Å²) in [6.07, 6.45) is -3.33. The molecule has 16 nitrogen and oxygen atoms in total. The molecule has 294 valence electrons. The predicted octanol–water partition coefficient (Wildman–Crippen LogP) is 3.83. The van der Waals surface area contributed by atoms with Gasteiger partial charge in [-0.25, -0.2) is 4.98 Å². The largest absolute Gasteiger partial charge is 0.497 e. The minimum atomic E-state index is -1.26. The summed E-state index contributed by atoms with van der Waals surface area (Å²) in [6, 6.07) is 24.6. The van der Waals surface area contributed by atoms with Gasteiger partial charge in [-0.2, -0.15) is 4.98 Å². The fourth-order valence-corrected chi connectivity index (χ4v) is 6.61. The third kappa shape index (κ3) is 8.12. The molecule has 0 aliphatic carbocycles. The summed E-state index contributed by atoms with van der Waals surface area (Å²) in [5, 5.41) is 2.61. The van der Waals surface area contributed by atoms with E-state index in [9.17, 15) is 19.2 Å². The fourth-order valence-electron chi connectivity index (χ4n) is 6.61. The average molecular weight is 769 g/mol. The first-order valence-electron chi connectivity index (χ1n) is 17.9. The molecule has 4 N–H and O–H groups in total. The molecule has 0 spiro atoms. The number of nitrogens with zero attached hydrogens (tertiary/aromatic N) is 3. The Morgan fingerprint density at radius 3 is 2.05 bits per heavy atom. The number of nitrogens with two attached hydrogens (primary N) is 1. The molecule has 1 fully saturated rings. The Labute approximate surface area is 322 Å². The number of rotatable bonds is 16. The zero-order valence-corrected chi connectivity index (χ0v) is 31.6. The van der Waals surface area contributed by atoms with E-state index >= 15 is 0 Å². The molecule has 1 aliphatic rings. The fraction of sp³-hybridized carbons (Fsp3) is 0.350. The summed E-state index contributed by atoms with van der Waals surface area (Å²) < 4.78 is 38.1. The third-order valence-corrected chi connectivity index (χ3v) is 9.51. The SMILES string of the molecule is COc1ccc(C(OC[C@H]2O[C@@H](n3cnc4c(=O)[nH]c(NC(=O)C(C)C)nc43)[C@H](OC)[C@@H]2OC(=O)CCC(N)=O)(c2ccccc2)c2ccc(OC)cc2)cc1. The molecule has 16 heteroatoms. The monoisotopic (exact) mass is 768 g/mol. The summed E-state index contributed by atoms with van der Waals surface area (Å²) in [6.45, 7) is 3.23. The van der Waals surface area contributed by atoms with Crippen LogP contribution in [0.5, 0.6) is 11.5 Å². The smallest absolute Gasteiger partial charge is 0.306 e. The summed E-state index contributed by atoms with van der Waals surface area (Å²) >= 11 is 0. The molecule has 0 bridgehead atoms. The van der Waals surface area contributed by atoms with E-state index in [4.69, 9.17) is 34.2 Å². The predicted molar refractivity (Wildman–Crippen MR) is 203 cm³/mol. The highest BCUT2D eigenvalue weighted by atomic mass is 16.6. The van der Waals surface area contributed by atoms with Crippen LogP contribution in [0.25, 0.3) is 11.2 Å². The molecule has 1 saturated heterocycles. The number of aromatic nitrogens is 4. The van der Waals surface area contributed by atoms with Crippen LogP contribution >= 0.6 is 0 Å². The van der Waals surface area contributed by atoms with E-state index in [2.05, 4.69) is 20.3 Å². The normalized spacial score (nSPS) is 18.2. The van der Waals surface area contributed by atoms with Gasteiger partial charge in [-0.3, -0.25) is 34.0 Å². The van der Waals surface area contributed by atoms with E-state index in [1.54, 1.807) is 28.1 Å². The number of imidazole rings is 1. The van der Waals surface area contributed by atoms with Gasteiger partial charge in [0.2, 0.25) is 17.8 Å². The lowest BCUT2D eigenvalue weighted by Gasteiger charge is -2.37. The lowest BCUT2D eigenvalue weighted by atomic mass is 9.80. The number of ether oxygens (including phenoxy) is 6. The molecule has 1 aliphatic heterocycles. The van der Waals surface area contributed by atoms with E-state index in [0.717, 1.165) is 16.7 Å². The van der Waals surface area contributed by atoms with Gasteiger partial charge in [-0.1, -0.05) is 68.4 Å². The molecule has 2 amide bonds. The van der Waals surface area contributed by atoms with Gasteiger partial charge in [0.15, 0.2) is 23.5 Å². The van der Waals surface area contributed by atoms with Crippen molar-refractivity contribution in [2.75, 3.05) is 33.3 Å². The summed E-state index contributed by atoms with van der Waals surface area (Å²) in [5.41, 5.74) is 5.82. The maximum Gasteiger partial charge on any atom is 0.306 e. The maximum atomic E-state index is 13.2. The van der Waals surface area contributed by atoms with Gasteiger partial charge < -0.3 is 34.2 Å². The number of fused-ring (bicyclic) bond motifs is 1. The van der Waals surface area contributed by atoms with E-state index in [-0.39, 0.29) is 48.4 Å². The van der Waals surface area contributed by atoms with Gasteiger partial charge in [0, 0.05) is 19.4 Å². The second kappa shape index (κ2) is 17.1. The van der Waals surface area contributed by atoms with Gasteiger partial charge in [-0.05, 0) is 41.0 Å². The van der Waals surface area contributed by atoms with Gasteiger partial charge in [0.25, 0.3) is 5.56 Å². The average Bonchev–Trinajstić information content (AvgIpc) is 3.79. The Hall–Kier alpha value is -6.10. The zero-order chi connectivity index (χ0) is 40.0. The van der Waals surface area contributed by atoms with Crippen LogP contribution in [0.4, 0.5) is 5.95 Å². The molecule has 5 aromatic rings.